The normalized spacial score (nSPS) is 24.1. The van der Waals surface area contributed by atoms with Gasteiger partial charge in [-0.25, -0.2) is 0 Å². The highest BCUT2D eigenvalue weighted by Crippen LogP contribution is 2.32. The van der Waals surface area contributed by atoms with Crippen LogP contribution < -0.4 is 4.74 Å². The zero-order chi connectivity index (χ0) is 11.0. The molecule has 0 bridgehead atoms. The van der Waals surface area contributed by atoms with E-state index in [1.165, 1.54) is 0 Å². The molecule has 0 aromatic heterocycles. The summed E-state index contributed by atoms with van der Waals surface area (Å²) in [5.41, 5.74) is 2.13. The number of carboxylic acids is 1. The first-order valence-corrected chi connectivity index (χ1v) is 5.07. The van der Waals surface area contributed by atoms with Crippen molar-refractivity contribution in [2.75, 3.05) is 0 Å². The fourth-order valence-corrected chi connectivity index (χ4v) is 2.00. The van der Waals surface area contributed by atoms with Crippen LogP contribution in [0.25, 0.3) is 0 Å². The lowest BCUT2D eigenvalue weighted by Gasteiger charge is -2.29. The molecule has 0 radical (unpaired) electrons. The lowest BCUT2D eigenvalue weighted by molar-refractivity contribution is -0.145. The van der Waals surface area contributed by atoms with Crippen LogP contribution in [0.4, 0.5) is 0 Å². The van der Waals surface area contributed by atoms with E-state index in [9.17, 15) is 4.79 Å². The van der Waals surface area contributed by atoms with Gasteiger partial charge in [-0.05, 0) is 37.5 Å². The second-order valence-electron chi connectivity index (χ2n) is 4.02. The van der Waals surface area contributed by atoms with Gasteiger partial charge in [0, 0.05) is 0 Å². The Hall–Kier alpha value is -1.51. The Morgan fingerprint density at radius 1 is 1.53 bits per heavy atom. The molecule has 2 unspecified atom stereocenters. The number of ether oxygens (including phenoxy) is 1. The first kappa shape index (κ1) is 10.0. The highest BCUT2D eigenvalue weighted by molar-refractivity contribution is 5.72. The summed E-state index contributed by atoms with van der Waals surface area (Å²) in [5, 5.41) is 9.05. The van der Waals surface area contributed by atoms with Crippen LogP contribution in [-0.4, -0.2) is 17.2 Å². The Bertz CT molecular complexity index is 398. The topological polar surface area (TPSA) is 46.5 Å². The Morgan fingerprint density at radius 3 is 2.93 bits per heavy atom. The maximum Gasteiger partial charge on any atom is 0.310 e. The van der Waals surface area contributed by atoms with Gasteiger partial charge < -0.3 is 9.84 Å². The summed E-state index contributed by atoms with van der Waals surface area (Å²) in [6.45, 7) is 3.79. The predicted molar refractivity (Wildman–Crippen MR) is 56.1 cm³/mol. The maximum absolute atomic E-state index is 11.0. The van der Waals surface area contributed by atoms with Crippen LogP contribution in [0.3, 0.4) is 0 Å². The molecule has 0 aliphatic carbocycles. The SMILES string of the molecule is Cc1cccc2c1CC(C(=O)O)C(C)O2. The Morgan fingerprint density at radius 2 is 2.27 bits per heavy atom. The number of carbonyl (C=O) groups is 1. The first-order valence-electron chi connectivity index (χ1n) is 5.07. The number of aliphatic carboxylic acids is 1. The van der Waals surface area contributed by atoms with E-state index in [1.54, 1.807) is 0 Å². The summed E-state index contributed by atoms with van der Waals surface area (Å²) in [7, 11) is 0. The van der Waals surface area contributed by atoms with Crippen molar-refractivity contribution in [3.05, 3.63) is 29.3 Å². The molecule has 1 aromatic carbocycles. The molecular formula is C12H14O3. The summed E-state index contributed by atoms with van der Waals surface area (Å²) in [6, 6.07) is 5.82. The van der Waals surface area contributed by atoms with E-state index >= 15 is 0 Å². The largest absolute Gasteiger partial charge is 0.490 e. The minimum Gasteiger partial charge on any atom is -0.490 e. The number of benzene rings is 1. The van der Waals surface area contributed by atoms with Crippen molar-refractivity contribution in [3.8, 4) is 5.75 Å². The quantitative estimate of drug-likeness (QED) is 0.764. The van der Waals surface area contributed by atoms with Crippen molar-refractivity contribution in [1.29, 1.82) is 0 Å². The summed E-state index contributed by atoms with van der Waals surface area (Å²) < 4.78 is 5.61. The molecule has 0 spiro atoms. The van der Waals surface area contributed by atoms with Crippen molar-refractivity contribution in [1.82, 2.24) is 0 Å². The molecule has 1 heterocycles. The standard InChI is InChI=1S/C12H14O3/c1-7-4-3-5-11-9(7)6-10(12(13)14)8(2)15-11/h3-5,8,10H,6H2,1-2H3,(H,13,14). The van der Waals surface area contributed by atoms with Gasteiger partial charge >= 0.3 is 5.97 Å². The minimum atomic E-state index is -0.781. The first-order chi connectivity index (χ1) is 7.09. The maximum atomic E-state index is 11.0. The molecule has 15 heavy (non-hydrogen) atoms. The van der Waals surface area contributed by atoms with Gasteiger partial charge in [0.2, 0.25) is 0 Å². The molecule has 1 aliphatic rings. The smallest absolute Gasteiger partial charge is 0.310 e. The second kappa shape index (κ2) is 3.57. The van der Waals surface area contributed by atoms with Crippen LogP contribution >= 0.6 is 0 Å². The molecule has 80 valence electrons. The van der Waals surface area contributed by atoms with E-state index in [0.29, 0.717) is 6.42 Å². The van der Waals surface area contributed by atoms with Crippen LogP contribution in [-0.2, 0) is 11.2 Å². The number of hydrogen-bond donors (Lipinski definition) is 1. The van der Waals surface area contributed by atoms with Gasteiger partial charge in [-0.1, -0.05) is 12.1 Å². The molecule has 1 N–H and O–H groups in total. The summed E-state index contributed by atoms with van der Waals surface area (Å²) >= 11 is 0. The molecule has 3 nitrogen and oxygen atoms in total. The van der Waals surface area contributed by atoms with Gasteiger partial charge in [0.25, 0.3) is 0 Å². The summed E-state index contributed by atoms with van der Waals surface area (Å²) in [5.74, 6) is -0.380. The van der Waals surface area contributed by atoms with Crippen LogP contribution in [0.1, 0.15) is 18.1 Å². The van der Waals surface area contributed by atoms with E-state index in [1.807, 2.05) is 32.0 Å². The van der Waals surface area contributed by atoms with E-state index < -0.39 is 11.9 Å². The number of carboxylic acid groups (broad SMARTS) is 1. The average Bonchev–Trinajstić information content (AvgIpc) is 2.16. The molecule has 0 amide bonds. The van der Waals surface area contributed by atoms with Crippen LogP contribution in [0.5, 0.6) is 5.75 Å². The molecule has 0 saturated carbocycles. The molecule has 1 aliphatic heterocycles. The zero-order valence-corrected chi connectivity index (χ0v) is 8.86. The molecule has 2 rings (SSSR count). The average molecular weight is 206 g/mol. The third kappa shape index (κ3) is 1.69. The lowest BCUT2D eigenvalue weighted by Crippen LogP contribution is -2.36. The predicted octanol–water partition coefficient (Wildman–Crippen LogP) is 2.02. The van der Waals surface area contributed by atoms with Gasteiger partial charge in [-0.3, -0.25) is 4.79 Å². The van der Waals surface area contributed by atoms with Crippen LogP contribution in [0, 0.1) is 12.8 Å². The molecular weight excluding hydrogens is 192 g/mol. The van der Waals surface area contributed by atoms with E-state index in [-0.39, 0.29) is 6.10 Å². The van der Waals surface area contributed by atoms with E-state index in [4.69, 9.17) is 9.84 Å². The third-order valence-corrected chi connectivity index (χ3v) is 2.99. The fraction of sp³-hybridized carbons (Fsp3) is 0.417. The third-order valence-electron chi connectivity index (χ3n) is 2.99. The van der Waals surface area contributed by atoms with Gasteiger partial charge in [-0.2, -0.15) is 0 Å². The molecule has 0 fully saturated rings. The second-order valence-corrected chi connectivity index (χ2v) is 4.02. The summed E-state index contributed by atoms with van der Waals surface area (Å²) in [6.07, 6.45) is 0.315. The Kier molecular flexibility index (Phi) is 2.39. The summed E-state index contributed by atoms with van der Waals surface area (Å²) in [4.78, 5) is 11.0. The number of rotatable bonds is 1. The van der Waals surface area contributed by atoms with Crippen LogP contribution in [0.15, 0.2) is 18.2 Å². The van der Waals surface area contributed by atoms with Gasteiger partial charge in [-0.15, -0.1) is 0 Å². The van der Waals surface area contributed by atoms with Gasteiger partial charge in [0.1, 0.15) is 11.9 Å². The lowest BCUT2D eigenvalue weighted by atomic mass is 9.89. The molecule has 2 atom stereocenters. The molecule has 0 saturated heterocycles. The van der Waals surface area contributed by atoms with Gasteiger partial charge in [0.15, 0.2) is 0 Å². The number of hydrogen-bond acceptors (Lipinski definition) is 2. The monoisotopic (exact) mass is 206 g/mol. The Labute approximate surface area is 88.7 Å². The van der Waals surface area contributed by atoms with Gasteiger partial charge in [0.05, 0.1) is 5.92 Å². The number of aryl methyl sites for hydroxylation is 1. The Balaban J connectivity index is 2.39. The number of fused-ring (bicyclic) bond motifs is 1. The zero-order valence-electron chi connectivity index (χ0n) is 8.86. The molecule has 3 heteroatoms. The van der Waals surface area contributed by atoms with Crippen molar-refractivity contribution >= 4 is 5.97 Å². The highest BCUT2D eigenvalue weighted by Gasteiger charge is 2.32. The van der Waals surface area contributed by atoms with Crippen molar-refractivity contribution in [3.63, 3.8) is 0 Å². The molecule has 1 aromatic rings. The van der Waals surface area contributed by atoms with E-state index in [2.05, 4.69) is 0 Å². The fourth-order valence-electron chi connectivity index (χ4n) is 2.00. The highest BCUT2D eigenvalue weighted by atomic mass is 16.5. The van der Waals surface area contributed by atoms with Crippen molar-refractivity contribution in [2.24, 2.45) is 5.92 Å². The van der Waals surface area contributed by atoms with Crippen molar-refractivity contribution < 1.29 is 14.6 Å². The minimum absolute atomic E-state index is 0.253. The van der Waals surface area contributed by atoms with E-state index in [0.717, 1.165) is 16.9 Å². The van der Waals surface area contributed by atoms with Crippen molar-refractivity contribution in [2.45, 2.75) is 26.4 Å². The van der Waals surface area contributed by atoms with Crippen LogP contribution in [0.2, 0.25) is 0 Å².